The van der Waals surface area contributed by atoms with Gasteiger partial charge in [0, 0.05) is 6.54 Å². The van der Waals surface area contributed by atoms with Gasteiger partial charge in [0.25, 0.3) is 5.91 Å². The van der Waals surface area contributed by atoms with Crippen molar-refractivity contribution in [3.63, 3.8) is 0 Å². The summed E-state index contributed by atoms with van der Waals surface area (Å²) < 4.78 is 0. The molecule has 0 bridgehead atoms. The summed E-state index contributed by atoms with van der Waals surface area (Å²) in [4.78, 5) is 30.9. The molecule has 0 radical (unpaired) electrons. The number of aliphatic hydroxyl groups is 1. The number of nitrogens with one attached hydrogen (secondary N) is 3. The molecule has 0 saturated carbocycles. The predicted octanol–water partition coefficient (Wildman–Crippen LogP) is 1.82. The zero-order valence-electron chi connectivity index (χ0n) is 14.3. The summed E-state index contributed by atoms with van der Waals surface area (Å²) in [6.45, 7) is 3.16. The molecule has 0 saturated heterocycles. The van der Waals surface area contributed by atoms with Gasteiger partial charge in [0.15, 0.2) is 0 Å². The molecule has 2 rings (SSSR count). The Hall–Kier alpha value is -2.89. The van der Waals surface area contributed by atoms with E-state index in [1.807, 2.05) is 6.07 Å². The van der Waals surface area contributed by atoms with E-state index >= 15 is 0 Å². The molecule has 136 valence electrons. The van der Waals surface area contributed by atoms with Gasteiger partial charge in [-0.05, 0) is 31.5 Å². The van der Waals surface area contributed by atoms with Crippen molar-refractivity contribution < 1.29 is 14.7 Å². The van der Waals surface area contributed by atoms with Gasteiger partial charge in [-0.2, -0.15) is 5.26 Å². The molecule has 2 amide bonds. The van der Waals surface area contributed by atoms with E-state index in [9.17, 15) is 14.7 Å². The second-order valence-corrected chi connectivity index (χ2v) is 6.66. The lowest BCUT2D eigenvalue weighted by atomic mass is 9.93. The molecule has 8 nitrogen and oxygen atoms in total. The van der Waals surface area contributed by atoms with Gasteiger partial charge in [0.05, 0.1) is 28.8 Å². The molecule has 4 N–H and O–H groups in total. The quantitative estimate of drug-likeness (QED) is 0.611. The van der Waals surface area contributed by atoms with Gasteiger partial charge in [-0.1, -0.05) is 17.7 Å². The summed E-state index contributed by atoms with van der Waals surface area (Å²) >= 11 is 6.08. The van der Waals surface area contributed by atoms with Crippen molar-refractivity contribution in [1.29, 1.82) is 5.26 Å². The number of carbonyl (C=O) groups excluding carboxylic acids is 2. The minimum atomic E-state index is -0.898. The van der Waals surface area contributed by atoms with E-state index in [-0.39, 0.29) is 41.3 Å². The summed E-state index contributed by atoms with van der Waals surface area (Å²) in [5.74, 6) is -0.677. The van der Waals surface area contributed by atoms with Crippen LogP contribution in [0.5, 0.6) is 0 Å². The first-order valence-electron chi connectivity index (χ1n) is 7.71. The number of carbonyl (C=O) groups is 2. The molecule has 0 fully saturated rings. The van der Waals surface area contributed by atoms with Crippen LogP contribution in [0.1, 0.15) is 35.5 Å². The van der Waals surface area contributed by atoms with E-state index in [0.717, 1.165) is 0 Å². The van der Waals surface area contributed by atoms with Crippen molar-refractivity contribution in [2.45, 2.75) is 20.4 Å². The van der Waals surface area contributed by atoms with Crippen molar-refractivity contribution in [2.75, 3.05) is 11.9 Å². The summed E-state index contributed by atoms with van der Waals surface area (Å²) in [5, 5.41) is 23.4. The number of H-pyrrole nitrogens is 1. The fourth-order valence-corrected chi connectivity index (χ4v) is 2.17. The van der Waals surface area contributed by atoms with Gasteiger partial charge in [-0.3, -0.25) is 14.9 Å². The number of nitrogens with zero attached hydrogens (tertiary/aromatic N) is 2. The smallest absolute Gasteiger partial charge is 0.259 e. The number of aromatic nitrogens is 2. The Labute approximate surface area is 155 Å². The molecule has 0 aliphatic carbocycles. The number of anilines is 1. The van der Waals surface area contributed by atoms with Gasteiger partial charge in [-0.15, -0.1) is 0 Å². The predicted molar refractivity (Wildman–Crippen MR) is 95.4 cm³/mol. The third-order valence-corrected chi connectivity index (χ3v) is 4.00. The van der Waals surface area contributed by atoms with Crippen molar-refractivity contribution in [3.05, 3.63) is 46.2 Å². The number of aromatic amines is 1. The van der Waals surface area contributed by atoms with Crippen LogP contribution in [-0.4, -0.2) is 33.5 Å². The first-order valence-corrected chi connectivity index (χ1v) is 8.08. The molecule has 0 aliphatic rings. The number of amides is 2. The zero-order valence-corrected chi connectivity index (χ0v) is 15.0. The molecule has 2 aromatic rings. The summed E-state index contributed by atoms with van der Waals surface area (Å²) in [7, 11) is 0. The Balaban J connectivity index is 2.10. The van der Waals surface area contributed by atoms with Crippen LogP contribution in [0.25, 0.3) is 0 Å². The minimum absolute atomic E-state index is 0.131. The Morgan fingerprint density at radius 1 is 1.42 bits per heavy atom. The van der Waals surface area contributed by atoms with E-state index < -0.39 is 11.3 Å². The van der Waals surface area contributed by atoms with Crippen LogP contribution in [0, 0.1) is 16.7 Å². The van der Waals surface area contributed by atoms with E-state index in [1.54, 1.807) is 32.0 Å². The maximum absolute atomic E-state index is 12.4. The molecule has 0 aliphatic heterocycles. The highest BCUT2D eigenvalue weighted by molar-refractivity contribution is 6.34. The van der Waals surface area contributed by atoms with Gasteiger partial charge in [-0.25, -0.2) is 4.98 Å². The van der Waals surface area contributed by atoms with Crippen LogP contribution in [0.3, 0.4) is 0 Å². The second kappa shape index (κ2) is 7.99. The third-order valence-electron chi connectivity index (χ3n) is 3.67. The number of rotatable bonds is 6. The van der Waals surface area contributed by atoms with Crippen LogP contribution in [0.15, 0.2) is 24.4 Å². The zero-order chi connectivity index (χ0) is 19.3. The Morgan fingerprint density at radius 3 is 2.77 bits per heavy atom. The molecular weight excluding hydrogens is 358 g/mol. The summed E-state index contributed by atoms with van der Waals surface area (Å²) in [6, 6.07) is 6.67. The summed E-state index contributed by atoms with van der Waals surface area (Å²) in [6.07, 6.45) is 1.30. The van der Waals surface area contributed by atoms with Gasteiger partial charge < -0.3 is 15.4 Å². The molecule has 0 atom stereocenters. The topological polar surface area (TPSA) is 131 Å². The standard InChI is InChI=1S/C17H18ClN5O3/c1-17(2,9-24)15(26)20-7-10-3-4-13(18)12(5-10)14(25)23-16-21-8-11(6-19)22-16/h3-5,8,24H,7,9H2,1-2H3,(H,20,26)(H2,21,22,23,25). The van der Waals surface area contributed by atoms with Crippen LogP contribution in [0.4, 0.5) is 5.95 Å². The van der Waals surface area contributed by atoms with E-state index in [1.165, 1.54) is 6.20 Å². The van der Waals surface area contributed by atoms with Crippen LogP contribution >= 0.6 is 11.6 Å². The largest absolute Gasteiger partial charge is 0.395 e. The number of nitriles is 1. The van der Waals surface area contributed by atoms with E-state index in [2.05, 4.69) is 20.6 Å². The van der Waals surface area contributed by atoms with E-state index in [4.69, 9.17) is 16.9 Å². The molecule has 1 heterocycles. The molecular formula is C17H18ClN5O3. The molecule has 0 unspecified atom stereocenters. The average molecular weight is 376 g/mol. The second-order valence-electron chi connectivity index (χ2n) is 6.25. The van der Waals surface area contributed by atoms with Gasteiger partial charge in [0.2, 0.25) is 11.9 Å². The molecule has 26 heavy (non-hydrogen) atoms. The molecule has 1 aromatic heterocycles. The SMILES string of the molecule is CC(C)(CO)C(=O)NCc1ccc(Cl)c(C(=O)Nc2ncc(C#N)[nH]2)c1. The van der Waals surface area contributed by atoms with Crippen molar-refractivity contribution in [1.82, 2.24) is 15.3 Å². The van der Waals surface area contributed by atoms with Crippen molar-refractivity contribution >= 4 is 29.4 Å². The number of hydrogen-bond donors (Lipinski definition) is 4. The number of imidazole rings is 1. The molecule has 1 aromatic carbocycles. The Bertz CT molecular complexity index is 870. The first kappa shape index (κ1) is 19.4. The van der Waals surface area contributed by atoms with Crippen LogP contribution in [-0.2, 0) is 11.3 Å². The number of aliphatic hydroxyl groups excluding tert-OH is 1. The highest BCUT2D eigenvalue weighted by atomic mass is 35.5. The monoisotopic (exact) mass is 375 g/mol. The summed E-state index contributed by atoms with van der Waals surface area (Å²) in [5.41, 5.74) is 0.188. The minimum Gasteiger partial charge on any atom is -0.395 e. The molecule has 0 spiro atoms. The molecule has 9 heteroatoms. The lowest BCUT2D eigenvalue weighted by Crippen LogP contribution is -2.38. The highest BCUT2D eigenvalue weighted by Gasteiger charge is 2.26. The van der Waals surface area contributed by atoms with Crippen molar-refractivity contribution in [2.24, 2.45) is 5.41 Å². The van der Waals surface area contributed by atoms with Crippen molar-refractivity contribution in [3.8, 4) is 6.07 Å². The first-order chi connectivity index (χ1) is 12.3. The maximum atomic E-state index is 12.4. The van der Waals surface area contributed by atoms with Crippen LogP contribution in [0.2, 0.25) is 5.02 Å². The van der Waals surface area contributed by atoms with Crippen LogP contribution < -0.4 is 10.6 Å². The average Bonchev–Trinajstić information content (AvgIpc) is 3.08. The Morgan fingerprint density at radius 2 is 2.15 bits per heavy atom. The lowest BCUT2D eigenvalue weighted by molar-refractivity contribution is -0.131. The number of halogens is 1. The Kier molecular flexibility index (Phi) is 5.97. The fourth-order valence-electron chi connectivity index (χ4n) is 1.97. The fraction of sp³-hybridized carbons (Fsp3) is 0.294. The van der Waals surface area contributed by atoms with Gasteiger partial charge >= 0.3 is 0 Å². The highest BCUT2D eigenvalue weighted by Crippen LogP contribution is 2.20. The lowest BCUT2D eigenvalue weighted by Gasteiger charge is -2.20. The third kappa shape index (κ3) is 4.59. The normalized spacial score (nSPS) is 10.9. The van der Waals surface area contributed by atoms with Gasteiger partial charge in [0.1, 0.15) is 11.8 Å². The number of benzene rings is 1. The number of hydrogen-bond acceptors (Lipinski definition) is 5. The maximum Gasteiger partial charge on any atom is 0.259 e. The van der Waals surface area contributed by atoms with E-state index in [0.29, 0.717) is 5.56 Å².